The smallest absolute Gasteiger partial charge is 0.340 e. The van der Waals surface area contributed by atoms with Gasteiger partial charge in [-0.05, 0) is 42.9 Å². The molecule has 0 bridgehead atoms. The number of ether oxygens (including phenoxy) is 1. The van der Waals surface area contributed by atoms with Crippen LogP contribution in [0.1, 0.15) is 15.9 Å². The van der Waals surface area contributed by atoms with E-state index < -0.39 is 20.9 Å². The molecule has 2 aromatic rings. The molecule has 0 aliphatic carbocycles. The Balaban J connectivity index is 2.15. The average molecular weight is 385 g/mol. The molecule has 0 heterocycles. The molecular weight excluding hydrogens is 372 g/mol. The van der Waals surface area contributed by atoms with Crippen molar-refractivity contribution in [2.75, 3.05) is 7.05 Å². The van der Waals surface area contributed by atoms with E-state index in [1.165, 1.54) is 43.4 Å². The first-order valence-corrected chi connectivity index (χ1v) is 8.74. The first-order valence-electron chi connectivity index (χ1n) is 6.88. The topological polar surface area (TPSA) is 116 Å². The fourth-order valence-electron chi connectivity index (χ4n) is 1.89. The molecule has 1 N–H and O–H groups in total. The molecule has 0 amide bonds. The summed E-state index contributed by atoms with van der Waals surface area (Å²) >= 11 is 5.93. The van der Waals surface area contributed by atoms with E-state index in [0.29, 0.717) is 5.56 Å². The first-order chi connectivity index (χ1) is 11.7. The van der Waals surface area contributed by atoms with Gasteiger partial charge in [-0.3, -0.25) is 10.1 Å². The highest BCUT2D eigenvalue weighted by molar-refractivity contribution is 7.89. The van der Waals surface area contributed by atoms with Crippen molar-refractivity contribution in [3.05, 3.63) is 68.7 Å². The minimum Gasteiger partial charge on any atom is -0.457 e. The van der Waals surface area contributed by atoms with Crippen molar-refractivity contribution >= 4 is 33.3 Å². The number of nitrogens with one attached hydrogen (secondary N) is 1. The lowest BCUT2D eigenvalue weighted by Crippen LogP contribution is -2.19. The SMILES string of the molecule is CNS(=O)(=O)c1ccc(Cl)c(C(=O)OCc2ccc([N+](=O)[O-])cc2)c1. The molecule has 0 radical (unpaired) electrons. The van der Waals surface area contributed by atoms with E-state index in [4.69, 9.17) is 16.3 Å². The zero-order valence-electron chi connectivity index (χ0n) is 12.9. The van der Waals surface area contributed by atoms with Gasteiger partial charge in [0.25, 0.3) is 5.69 Å². The molecule has 0 atom stereocenters. The Morgan fingerprint density at radius 1 is 1.24 bits per heavy atom. The van der Waals surface area contributed by atoms with Crippen molar-refractivity contribution in [1.29, 1.82) is 0 Å². The maximum atomic E-state index is 12.2. The Kier molecular flexibility index (Phi) is 5.73. The normalized spacial score (nSPS) is 11.1. The number of halogens is 1. The molecule has 0 aromatic heterocycles. The molecule has 2 aromatic carbocycles. The summed E-state index contributed by atoms with van der Waals surface area (Å²) in [4.78, 5) is 22.1. The summed E-state index contributed by atoms with van der Waals surface area (Å²) in [5, 5.41) is 10.6. The van der Waals surface area contributed by atoms with E-state index in [9.17, 15) is 23.3 Å². The summed E-state index contributed by atoms with van der Waals surface area (Å²) in [6.45, 7) is -0.143. The summed E-state index contributed by atoms with van der Waals surface area (Å²) in [6.07, 6.45) is 0. The zero-order valence-corrected chi connectivity index (χ0v) is 14.5. The molecule has 10 heteroatoms. The zero-order chi connectivity index (χ0) is 18.6. The van der Waals surface area contributed by atoms with Crippen LogP contribution >= 0.6 is 11.6 Å². The number of carbonyl (C=O) groups excluding carboxylic acids is 1. The molecular formula is C15H13ClN2O6S. The summed E-state index contributed by atoms with van der Waals surface area (Å²) in [6, 6.07) is 9.15. The van der Waals surface area contributed by atoms with Gasteiger partial charge in [-0.1, -0.05) is 11.6 Å². The number of hydrogen-bond acceptors (Lipinski definition) is 6. The molecule has 0 unspecified atom stereocenters. The van der Waals surface area contributed by atoms with Crippen molar-refractivity contribution < 1.29 is 22.9 Å². The molecule has 2 rings (SSSR count). The van der Waals surface area contributed by atoms with Crippen LogP contribution in [0.15, 0.2) is 47.4 Å². The number of esters is 1. The van der Waals surface area contributed by atoms with E-state index in [0.717, 1.165) is 6.07 Å². The molecule has 0 spiro atoms. The molecule has 0 fully saturated rings. The Bertz CT molecular complexity index is 912. The van der Waals surface area contributed by atoms with Gasteiger partial charge < -0.3 is 4.74 Å². The lowest BCUT2D eigenvalue weighted by Gasteiger charge is -2.09. The van der Waals surface area contributed by atoms with Gasteiger partial charge >= 0.3 is 5.97 Å². The summed E-state index contributed by atoms with van der Waals surface area (Å²) in [5.74, 6) is -0.809. The van der Waals surface area contributed by atoms with Gasteiger partial charge in [-0.15, -0.1) is 0 Å². The summed E-state index contributed by atoms with van der Waals surface area (Å²) in [7, 11) is -2.48. The molecule has 0 saturated heterocycles. The van der Waals surface area contributed by atoms with Crippen LogP contribution in [0.25, 0.3) is 0 Å². The maximum Gasteiger partial charge on any atom is 0.340 e. The third-order valence-electron chi connectivity index (χ3n) is 3.25. The van der Waals surface area contributed by atoms with Crippen LogP contribution in [0.5, 0.6) is 0 Å². The van der Waals surface area contributed by atoms with Crippen LogP contribution in [0.2, 0.25) is 5.02 Å². The van der Waals surface area contributed by atoms with Crippen molar-refractivity contribution in [2.45, 2.75) is 11.5 Å². The van der Waals surface area contributed by atoms with Gasteiger partial charge in [0.05, 0.1) is 20.4 Å². The van der Waals surface area contributed by atoms with Gasteiger partial charge in [0.1, 0.15) is 6.61 Å². The number of nitro benzene ring substituents is 1. The van der Waals surface area contributed by atoms with Gasteiger partial charge in [0, 0.05) is 12.1 Å². The Hall–Kier alpha value is -2.49. The molecule has 132 valence electrons. The standard InChI is InChI=1S/C15H13ClN2O6S/c1-17-25(22,23)12-6-7-14(16)13(8-12)15(19)24-9-10-2-4-11(5-3-10)18(20)21/h2-8,17H,9H2,1H3. The number of hydrogen-bond donors (Lipinski definition) is 1. The van der Waals surface area contributed by atoms with E-state index in [1.54, 1.807) is 0 Å². The van der Waals surface area contributed by atoms with Crippen molar-refractivity contribution in [1.82, 2.24) is 4.72 Å². The quantitative estimate of drug-likeness (QED) is 0.464. The van der Waals surface area contributed by atoms with Gasteiger partial charge in [-0.2, -0.15) is 0 Å². The molecule has 25 heavy (non-hydrogen) atoms. The minimum atomic E-state index is -3.73. The molecule has 0 aliphatic heterocycles. The summed E-state index contributed by atoms with van der Waals surface area (Å²) < 4.78 is 30.8. The maximum absolute atomic E-state index is 12.2. The first kappa shape index (κ1) is 18.8. The minimum absolute atomic E-state index is 0.0451. The number of rotatable bonds is 6. The van der Waals surface area contributed by atoms with Gasteiger partial charge in [0.15, 0.2) is 0 Å². The average Bonchev–Trinajstić information content (AvgIpc) is 2.60. The predicted octanol–water partition coefficient (Wildman–Crippen LogP) is 2.51. The van der Waals surface area contributed by atoms with Crippen LogP contribution in [0.4, 0.5) is 5.69 Å². The largest absolute Gasteiger partial charge is 0.457 e. The second kappa shape index (κ2) is 7.60. The highest BCUT2D eigenvalue weighted by atomic mass is 35.5. The number of carbonyl (C=O) groups is 1. The molecule has 8 nitrogen and oxygen atoms in total. The number of non-ortho nitro benzene ring substituents is 1. The van der Waals surface area contributed by atoms with E-state index in [2.05, 4.69) is 4.72 Å². The van der Waals surface area contributed by atoms with Crippen molar-refractivity contribution in [3.63, 3.8) is 0 Å². The third-order valence-corrected chi connectivity index (χ3v) is 5.00. The Labute approximate surface area is 148 Å². The fourth-order valence-corrected chi connectivity index (χ4v) is 2.84. The number of sulfonamides is 1. The third kappa shape index (κ3) is 4.53. The van der Waals surface area contributed by atoms with Crippen LogP contribution in [-0.4, -0.2) is 26.4 Å². The number of nitrogens with zero attached hydrogens (tertiary/aromatic N) is 1. The monoisotopic (exact) mass is 384 g/mol. The van der Waals surface area contributed by atoms with Gasteiger partial charge in [0.2, 0.25) is 10.0 Å². The molecule has 0 aliphatic rings. The van der Waals surface area contributed by atoms with Crippen molar-refractivity contribution in [2.24, 2.45) is 0 Å². The number of benzene rings is 2. The molecule has 0 saturated carbocycles. The highest BCUT2D eigenvalue weighted by Crippen LogP contribution is 2.22. The fraction of sp³-hybridized carbons (Fsp3) is 0.133. The Morgan fingerprint density at radius 2 is 1.88 bits per heavy atom. The summed E-state index contributed by atoms with van der Waals surface area (Å²) in [5.41, 5.74) is 0.358. The highest BCUT2D eigenvalue weighted by Gasteiger charge is 2.18. The second-order valence-electron chi connectivity index (χ2n) is 4.85. The number of nitro groups is 1. The lowest BCUT2D eigenvalue weighted by molar-refractivity contribution is -0.384. The van der Waals surface area contributed by atoms with Crippen molar-refractivity contribution in [3.8, 4) is 0 Å². The van der Waals surface area contributed by atoms with Gasteiger partial charge in [-0.25, -0.2) is 17.9 Å². The van der Waals surface area contributed by atoms with Crippen LogP contribution < -0.4 is 4.72 Å². The lowest BCUT2D eigenvalue weighted by atomic mass is 10.2. The Morgan fingerprint density at radius 3 is 2.44 bits per heavy atom. The second-order valence-corrected chi connectivity index (χ2v) is 7.14. The van der Waals surface area contributed by atoms with E-state index in [1.807, 2.05) is 0 Å². The van der Waals surface area contributed by atoms with Crippen LogP contribution in [0, 0.1) is 10.1 Å². The predicted molar refractivity (Wildman–Crippen MR) is 89.9 cm³/mol. The van der Waals surface area contributed by atoms with E-state index >= 15 is 0 Å². The van der Waals surface area contributed by atoms with Crippen LogP contribution in [0.3, 0.4) is 0 Å². The van der Waals surface area contributed by atoms with E-state index in [-0.39, 0.29) is 27.8 Å². The van der Waals surface area contributed by atoms with Crippen LogP contribution in [-0.2, 0) is 21.4 Å².